The molecule has 1 atom stereocenters. The van der Waals surface area contributed by atoms with E-state index in [2.05, 4.69) is 11.2 Å². The van der Waals surface area contributed by atoms with Gasteiger partial charge in [0.15, 0.2) is 11.5 Å². The molecule has 2 aromatic rings. The van der Waals surface area contributed by atoms with Gasteiger partial charge in [-0.05, 0) is 37.1 Å². The fourth-order valence-electron chi connectivity index (χ4n) is 3.30. The average molecular weight is 388 g/mol. The lowest BCUT2D eigenvalue weighted by Gasteiger charge is -2.28. The van der Waals surface area contributed by atoms with Crippen LogP contribution in [0.15, 0.2) is 70.4 Å². The quantitative estimate of drug-likeness (QED) is 0.496. The Hall–Kier alpha value is -3.92. The van der Waals surface area contributed by atoms with Crippen molar-refractivity contribution in [2.45, 2.75) is 19.8 Å². The van der Waals surface area contributed by atoms with Crippen LogP contribution in [0.5, 0.6) is 11.5 Å². The summed E-state index contributed by atoms with van der Waals surface area (Å²) < 4.78 is 10.7. The number of nitriles is 1. The van der Waals surface area contributed by atoms with E-state index in [1.165, 1.54) is 13.2 Å². The summed E-state index contributed by atoms with van der Waals surface area (Å²) in [6, 6.07) is 14.3. The van der Waals surface area contributed by atoms with E-state index >= 15 is 0 Å². The molecule has 1 aliphatic heterocycles. The highest BCUT2D eigenvalue weighted by Gasteiger charge is 2.35. The molecule has 146 valence electrons. The maximum Gasteiger partial charge on any atom is 0.244 e. The molecule has 0 saturated heterocycles. The lowest BCUT2D eigenvalue weighted by molar-refractivity contribution is 0.278. The van der Waals surface area contributed by atoms with Crippen molar-refractivity contribution in [2.24, 2.45) is 5.11 Å². The Morgan fingerprint density at radius 3 is 2.45 bits per heavy atom. The van der Waals surface area contributed by atoms with Gasteiger partial charge in [0.05, 0.1) is 36.0 Å². The summed E-state index contributed by atoms with van der Waals surface area (Å²) >= 11 is 0. The van der Waals surface area contributed by atoms with Gasteiger partial charge < -0.3 is 14.6 Å². The number of aryl methyl sites for hydroxylation is 1. The Morgan fingerprint density at radius 2 is 1.90 bits per heavy atom. The van der Waals surface area contributed by atoms with E-state index in [1.807, 2.05) is 19.1 Å². The van der Waals surface area contributed by atoms with Crippen molar-refractivity contribution in [3.63, 3.8) is 0 Å². The van der Waals surface area contributed by atoms with Crippen molar-refractivity contribution in [1.82, 2.24) is 0 Å². The largest absolute Gasteiger partial charge is 0.504 e. The van der Waals surface area contributed by atoms with Crippen LogP contribution in [0.2, 0.25) is 0 Å². The molecule has 7 heteroatoms. The first-order chi connectivity index (χ1) is 13.9. The number of hydrogen-bond donors (Lipinski definition) is 3. The Labute approximate surface area is 168 Å². The number of rotatable bonds is 5. The molecule has 1 heterocycles. The number of methoxy groups -OCH3 is 1. The topological polar surface area (TPSA) is 123 Å². The molecule has 2 aromatic carbocycles. The van der Waals surface area contributed by atoms with E-state index in [0.717, 1.165) is 5.56 Å². The smallest absolute Gasteiger partial charge is 0.244 e. The minimum Gasteiger partial charge on any atom is -0.504 e. The second-order valence-corrected chi connectivity index (χ2v) is 6.62. The Morgan fingerprint density at radius 1 is 1.21 bits per heavy atom. The molecule has 0 saturated carbocycles. The molecule has 3 rings (SSSR count). The fraction of sp³-hybridized carbons (Fsp3) is 0.182. The van der Waals surface area contributed by atoms with Gasteiger partial charge >= 0.3 is 0 Å². The first-order valence-corrected chi connectivity index (χ1v) is 8.84. The zero-order chi connectivity index (χ0) is 21.1. The van der Waals surface area contributed by atoms with E-state index in [4.69, 9.17) is 20.4 Å². The van der Waals surface area contributed by atoms with Crippen LogP contribution in [-0.4, -0.2) is 17.9 Å². The third-order valence-electron chi connectivity index (χ3n) is 4.80. The third kappa shape index (κ3) is 3.60. The van der Waals surface area contributed by atoms with Crippen molar-refractivity contribution >= 4 is 5.71 Å². The lowest BCUT2D eigenvalue weighted by atomic mass is 9.79. The normalized spacial score (nSPS) is 16.1. The summed E-state index contributed by atoms with van der Waals surface area (Å²) in [6.07, 6.45) is 0. The van der Waals surface area contributed by atoms with Crippen molar-refractivity contribution in [3.8, 4) is 17.6 Å². The number of nitrogens with one attached hydrogen (secondary N) is 2. The van der Waals surface area contributed by atoms with Crippen LogP contribution >= 0.6 is 0 Å². The summed E-state index contributed by atoms with van der Waals surface area (Å²) in [5.41, 5.74) is 10.4. The van der Waals surface area contributed by atoms with E-state index in [1.54, 1.807) is 31.2 Å². The Balaban J connectivity index is 2.22. The molecular formula is C22H20N4O3. The summed E-state index contributed by atoms with van der Waals surface area (Å²) in [6.45, 7) is 3.57. The second-order valence-electron chi connectivity index (χ2n) is 6.62. The summed E-state index contributed by atoms with van der Waals surface area (Å²) in [7, 11) is 1.45. The average Bonchev–Trinajstić information content (AvgIpc) is 2.72. The van der Waals surface area contributed by atoms with Crippen LogP contribution in [0.1, 0.15) is 29.5 Å². The molecule has 1 unspecified atom stereocenters. The van der Waals surface area contributed by atoms with Crippen molar-refractivity contribution in [1.29, 1.82) is 16.2 Å². The van der Waals surface area contributed by atoms with Crippen molar-refractivity contribution in [2.75, 3.05) is 7.11 Å². The summed E-state index contributed by atoms with van der Waals surface area (Å²) in [5.74, 6) is -0.253. The van der Waals surface area contributed by atoms with Gasteiger partial charge in [-0.25, -0.2) is 5.53 Å². The van der Waals surface area contributed by atoms with Crippen LogP contribution in [0, 0.1) is 29.2 Å². The number of aromatic hydroxyl groups is 1. The standard InChI is InChI=1S/C22H20N4O3/c1-12-4-6-14(7-5-12)21(24)20-19(15-8-9-18(28-3)17(27)10-15)16(11-23)13(2)29-22(20)26-25/h4-10,19,24-25,27H,1-3H3. The minimum atomic E-state index is -0.719. The van der Waals surface area contributed by atoms with Gasteiger partial charge in [-0.3, -0.25) is 5.41 Å². The molecule has 0 aromatic heterocycles. The highest BCUT2D eigenvalue weighted by molar-refractivity contribution is 6.12. The Bertz CT molecular complexity index is 1090. The predicted molar refractivity (Wildman–Crippen MR) is 107 cm³/mol. The molecule has 0 radical (unpaired) electrons. The van der Waals surface area contributed by atoms with Crippen LogP contribution < -0.4 is 4.74 Å². The summed E-state index contributed by atoms with van der Waals surface area (Å²) in [5, 5.41) is 32.3. The van der Waals surface area contributed by atoms with Crippen LogP contribution in [-0.2, 0) is 4.74 Å². The molecule has 0 bridgehead atoms. The third-order valence-corrected chi connectivity index (χ3v) is 4.80. The number of benzene rings is 2. The highest BCUT2D eigenvalue weighted by Crippen LogP contribution is 2.43. The number of phenolic OH excluding ortho intramolecular Hbond substituents is 1. The molecule has 3 N–H and O–H groups in total. The lowest BCUT2D eigenvalue weighted by Crippen LogP contribution is -2.21. The molecule has 7 nitrogen and oxygen atoms in total. The maximum atomic E-state index is 10.3. The fourth-order valence-corrected chi connectivity index (χ4v) is 3.30. The first-order valence-electron chi connectivity index (χ1n) is 8.84. The number of hydrogen-bond acceptors (Lipinski definition) is 7. The van der Waals surface area contributed by atoms with Gasteiger partial charge in [-0.1, -0.05) is 35.9 Å². The predicted octanol–water partition coefficient (Wildman–Crippen LogP) is 4.93. The van der Waals surface area contributed by atoms with E-state index in [9.17, 15) is 10.4 Å². The molecule has 1 aliphatic rings. The van der Waals surface area contributed by atoms with Crippen LogP contribution in [0.3, 0.4) is 0 Å². The molecular weight excluding hydrogens is 368 g/mol. The molecule has 0 fully saturated rings. The van der Waals surface area contributed by atoms with Crippen LogP contribution in [0.25, 0.3) is 0 Å². The molecule has 0 spiro atoms. The van der Waals surface area contributed by atoms with E-state index in [0.29, 0.717) is 22.6 Å². The Kier molecular flexibility index (Phi) is 5.46. The zero-order valence-corrected chi connectivity index (χ0v) is 16.3. The monoisotopic (exact) mass is 388 g/mol. The zero-order valence-electron chi connectivity index (χ0n) is 16.3. The van der Waals surface area contributed by atoms with Gasteiger partial charge in [-0.2, -0.15) is 5.26 Å². The van der Waals surface area contributed by atoms with Crippen molar-refractivity contribution < 1.29 is 14.6 Å². The SMILES string of the molecule is COc1ccc(C2C(C#N)=C(C)OC(N=N)=C2C(=N)c2ccc(C)cc2)cc1O. The maximum absolute atomic E-state index is 10.3. The van der Waals surface area contributed by atoms with E-state index < -0.39 is 5.92 Å². The van der Waals surface area contributed by atoms with Crippen molar-refractivity contribution in [3.05, 3.63) is 81.9 Å². The summed E-state index contributed by atoms with van der Waals surface area (Å²) in [4.78, 5) is 0. The molecule has 29 heavy (non-hydrogen) atoms. The van der Waals surface area contributed by atoms with E-state index in [-0.39, 0.29) is 28.5 Å². The molecule has 0 aliphatic carbocycles. The van der Waals surface area contributed by atoms with Crippen LogP contribution in [0.4, 0.5) is 0 Å². The number of ether oxygens (including phenoxy) is 2. The minimum absolute atomic E-state index is 0.0487. The van der Waals surface area contributed by atoms with Gasteiger partial charge in [0.2, 0.25) is 5.88 Å². The van der Waals surface area contributed by atoms with Gasteiger partial charge in [0.1, 0.15) is 5.76 Å². The second kappa shape index (κ2) is 7.98. The van der Waals surface area contributed by atoms with Gasteiger partial charge in [0, 0.05) is 0 Å². The number of phenols is 1. The first kappa shape index (κ1) is 19.8. The highest BCUT2D eigenvalue weighted by atomic mass is 16.5. The van der Waals surface area contributed by atoms with Gasteiger partial charge in [-0.15, -0.1) is 5.11 Å². The van der Waals surface area contributed by atoms with Gasteiger partial charge in [0.25, 0.3) is 0 Å². The molecule has 0 amide bonds. The number of allylic oxidation sites excluding steroid dienone is 3. The number of nitrogens with zero attached hydrogens (tertiary/aromatic N) is 2.